The van der Waals surface area contributed by atoms with Crippen LogP contribution in [0.25, 0.3) is 0 Å². The highest BCUT2D eigenvalue weighted by Gasteiger charge is 1.99. The number of nitrogens with zero attached hydrogens (tertiary/aromatic N) is 1. The van der Waals surface area contributed by atoms with Crippen molar-refractivity contribution >= 4 is 21.7 Å². The molecule has 0 fully saturated rings. The average molecular weight is 291 g/mol. The summed E-state index contributed by atoms with van der Waals surface area (Å²) in [5.41, 5.74) is 3.55. The van der Waals surface area contributed by atoms with Crippen LogP contribution in [0.5, 0.6) is 0 Å². The molecule has 1 aromatic heterocycles. The Morgan fingerprint density at radius 2 is 2.00 bits per heavy atom. The summed E-state index contributed by atoms with van der Waals surface area (Å²) in [5, 5.41) is 3.32. The summed E-state index contributed by atoms with van der Waals surface area (Å²) in [6, 6.07) is 12.5. The van der Waals surface area contributed by atoms with Gasteiger partial charge in [-0.05, 0) is 47.5 Å². The van der Waals surface area contributed by atoms with Gasteiger partial charge in [0, 0.05) is 11.0 Å². The van der Waals surface area contributed by atoms with Gasteiger partial charge < -0.3 is 5.32 Å². The third-order valence-corrected chi connectivity index (χ3v) is 3.42. The molecule has 2 rings (SSSR count). The van der Waals surface area contributed by atoms with Gasteiger partial charge in [0.1, 0.15) is 5.82 Å². The molecule has 17 heavy (non-hydrogen) atoms. The Morgan fingerprint density at radius 3 is 2.71 bits per heavy atom. The Bertz CT molecular complexity index is 523. The normalized spacial score (nSPS) is 10.3. The summed E-state index contributed by atoms with van der Waals surface area (Å²) in [6.07, 6.45) is 0. The molecule has 1 heterocycles. The van der Waals surface area contributed by atoms with Crippen LogP contribution in [-0.4, -0.2) is 4.98 Å². The molecular formula is C14H15BrN2. The fourth-order valence-corrected chi connectivity index (χ4v) is 1.88. The molecule has 0 aliphatic rings. The van der Waals surface area contributed by atoms with Crippen molar-refractivity contribution in [3.63, 3.8) is 0 Å². The first-order valence-electron chi connectivity index (χ1n) is 5.58. The van der Waals surface area contributed by atoms with Gasteiger partial charge in [0.25, 0.3) is 0 Å². The lowest BCUT2D eigenvalue weighted by atomic mass is 10.1. The van der Waals surface area contributed by atoms with E-state index in [9.17, 15) is 0 Å². The summed E-state index contributed by atoms with van der Waals surface area (Å²) in [4.78, 5) is 4.45. The average Bonchev–Trinajstić information content (AvgIpc) is 2.31. The number of aryl methyl sites for hydroxylation is 2. The molecule has 0 aliphatic carbocycles. The third kappa shape index (κ3) is 3.30. The summed E-state index contributed by atoms with van der Waals surface area (Å²) in [5.74, 6) is 0.909. The Hall–Kier alpha value is -1.35. The van der Waals surface area contributed by atoms with Gasteiger partial charge in [-0.15, -0.1) is 0 Å². The Labute approximate surface area is 110 Å². The molecule has 3 heteroatoms. The van der Waals surface area contributed by atoms with Crippen LogP contribution in [0.3, 0.4) is 0 Å². The summed E-state index contributed by atoms with van der Waals surface area (Å²) < 4.78 is 1.04. The van der Waals surface area contributed by atoms with Crippen molar-refractivity contribution in [2.24, 2.45) is 0 Å². The minimum atomic E-state index is 0.801. The van der Waals surface area contributed by atoms with Crippen molar-refractivity contribution in [2.75, 3.05) is 5.32 Å². The number of benzene rings is 1. The largest absolute Gasteiger partial charge is 0.366 e. The van der Waals surface area contributed by atoms with Crippen molar-refractivity contribution in [2.45, 2.75) is 20.4 Å². The van der Waals surface area contributed by atoms with Crippen molar-refractivity contribution in [1.82, 2.24) is 4.98 Å². The molecule has 2 nitrogen and oxygen atoms in total. The zero-order chi connectivity index (χ0) is 12.3. The van der Waals surface area contributed by atoms with Crippen LogP contribution in [-0.2, 0) is 6.54 Å². The van der Waals surface area contributed by atoms with E-state index in [0.717, 1.165) is 22.5 Å². The quantitative estimate of drug-likeness (QED) is 0.922. The minimum Gasteiger partial charge on any atom is -0.366 e. The number of hydrogen-bond donors (Lipinski definition) is 1. The lowest BCUT2D eigenvalue weighted by Gasteiger charge is -2.07. The number of pyridine rings is 1. The predicted molar refractivity (Wildman–Crippen MR) is 75.2 cm³/mol. The zero-order valence-corrected chi connectivity index (χ0v) is 11.6. The molecule has 88 valence electrons. The van der Waals surface area contributed by atoms with Gasteiger partial charge in [-0.3, -0.25) is 0 Å². The van der Waals surface area contributed by atoms with E-state index >= 15 is 0 Å². The molecule has 0 saturated heterocycles. The summed E-state index contributed by atoms with van der Waals surface area (Å²) in [6.45, 7) is 4.89. The van der Waals surface area contributed by atoms with Crippen molar-refractivity contribution in [1.29, 1.82) is 0 Å². The molecule has 0 radical (unpaired) electrons. The van der Waals surface area contributed by atoms with Crippen molar-refractivity contribution < 1.29 is 0 Å². The van der Waals surface area contributed by atoms with Crippen LogP contribution in [0.4, 0.5) is 5.82 Å². The van der Waals surface area contributed by atoms with E-state index < -0.39 is 0 Å². The molecule has 0 aliphatic heterocycles. The van der Waals surface area contributed by atoms with Gasteiger partial charge in [-0.1, -0.05) is 29.8 Å². The standard InChI is InChI=1S/C14H15BrN2/c1-10-4-3-5-12(8-10)9-16-14-7-6-13(15)11(2)17-14/h3-8H,9H2,1-2H3,(H,16,17). The highest BCUT2D eigenvalue weighted by atomic mass is 79.9. The molecule has 2 aromatic rings. The summed E-state index contributed by atoms with van der Waals surface area (Å²) >= 11 is 3.44. The van der Waals surface area contributed by atoms with Gasteiger partial charge >= 0.3 is 0 Å². The Kier molecular flexibility index (Phi) is 3.79. The lowest BCUT2D eigenvalue weighted by Crippen LogP contribution is -2.02. The van der Waals surface area contributed by atoms with Crippen LogP contribution < -0.4 is 5.32 Å². The second-order valence-electron chi connectivity index (χ2n) is 4.11. The van der Waals surface area contributed by atoms with Gasteiger partial charge in [0.15, 0.2) is 0 Å². The molecular weight excluding hydrogens is 276 g/mol. The van der Waals surface area contributed by atoms with Crippen LogP contribution >= 0.6 is 15.9 Å². The van der Waals surface area contributed by atoms with Gasteiger partial charge in [0.05, 0.1) is 5.69 Å². The topological polar surface area (TPSA) is 24.9 Å². The van der Waals surface area contributed by atoms with E-state index in [0.29, 0.717) is 0 Å². The van der Waals surface area contributed by atoms with Crippen LogP contribution in [0.2, 0.25) is 0 Å². The van der Waals surface area contributed by atoms with Crippen LogP contribution in [0.1, 0.15) is 16.8 Å². The maximum Gasteiger partial charge on any atom is 0.126 e. The number of aromatic nitrogens is 1. The second-order valence-corrected chi connectivity index (χ2v) is 4.96. The van der Waals surface area contributed by atoms with E-state index in [1.165, 1.54) is 11.1 Å². The van der Waals surface area contributed by atoms with E-state index in [1.807, 2.05) is 19.1 Å². The number of hydrogen-bond acceptors (Lipinski definition) is 2. The SMILES string of the molecule is Cc1cccc(CNc2ccc(Br)c(C)n2)c1. The van der Waals surface area contributed by atoms with Crippen molar-refractivity contribution in [3.05, 3.63) is 57.7 Å². The van der Waals surface area contributed by atoms with Gasteiger partial charge in [-0.25, -0.2) is 4.98 Å². The molecule has 0 amide bonds. The fourth-order valence-electron chi connectivity index (χ4n) is 1.66. The number of anilines is 1. The predicted octanol–water partition coefficient (Wildman–Crippen LogP) is 4.07. The first-order valence-corrected chi connectivity index (χ1v) is 6.37. The number of rotatable bonds is 3. The van der Waals surface area contributed by atoms with E-state index in [1.54, 1.807) is 0 Å². The molecule has 0 atom stereocenters. The number of halogens is 1. The van der Waals surface area contributed by atoms with E-state index in [2.05, 4.69) is 57.4 Å². The molecule has 0 bridgehead atoms. The highest BCUT2D eigenvalue weighted by molar-refractivity contribution is 9.10. The molecule has 1 aromatic carbocycles. The van der Waals surface area contributed by atoms with Crippen molar-refractivity contribution in [3.8, 4) is 0 Å². The molecule has 0 saturated carbocycles. The van der Waals surface area contributed by atoms with Crippen LogP contribution in [0.15, 0.2) is 40.9 Å². The Balaban J connectivity index is 2.05. The van der Waals surface area contributed by atoms with Gasteiger partial charge in [0.2, 0.25) is 0 Å². The third-order valence-electron chi connectivity index (χ3n) is 2.58. The molecule has 0 spiro atoms. The minimum absolute atomic E-state index is 0.801. The lowest BCUT2D eigenvalue weighted by molar-refractivity contribution is 1.08. The fraction of sp³-hybridized carbons (Fsp3) is 0.214. The summed E-state index contributed by atoms with van der Waals surface area (Å²) in [7, 11) is 0. The first kappa shape index (κ1) is 12.1. The maximum absolute atomic E-state index is 4.45. The van der Waals surface area contributed by atoms with Crippen LogP contribution in [0, 0.1) is 13.8 Å². The smallest absolute Gasteiger partial charge is 0.126 e. The van der Waals surface area contributed by atoms with Gasteiger partial charge in [-0.2, -0.15) is 0 Å². The highest BCUT2D eigenvalue weighted by Crippen LogP contribution is 2.16. The maximum atomic E-state index is 4.45. The monoisotopic (exact) mass is 290 g/mol. The number of nitrogens with one attached hydrogen (secondary N) is 1. The first-order chi connectivity index (χ1) is 8.15. The molecule has 1 N–H and O–H groups in total. The van der Waals surface area contributed by atoms with E-state index in [-0.39, 0.29) is 0 Å². The van der Waals surface area contributed by atoms with E-state index in [4.69, 9.17) is 0 Å². The second kappa shape index (κ2) is 5.32. The zero-order valence-electron chi connectivity index (χ0n) is 10.00. The Morgan fingerprint density at radius 1 is 1.18 bits per heavy atom. The molecule has 0 unspecified atom stereocenters.